The van der Waals surface area contributed by atoms with Gasteiger partial charge in [0.25, 0.3) is 5.91 Å². The van der Waals surface area contributed by atoms with Crippen molar-refractivity contribution in [3.05, 3.63) is 53.6 Å². The van der Waals surface area contributed by atoms with Gasteiger partial charge in [-0.2, -0.15) is 0 Å². The van der Waals surface area contributed by atoms with Crippen LogP contribution in [0.2, 0.25) is 0 Å². The maximum absolute atomic E-state index is 12.1. The minimum atomic E-state index is -0.139. The van der Waals surface area contributed by atoms with Crippen LogP contribution in [0, 0.1) is 0 Å². The molecule has 0 saturated heterocycles. The summed E-state index contributed by atoms with van der Waals surface area (Å²) < 4.78 is 16.0. The van der Waals surface area contributed by atoms with Crippen LogP contribution in [0.25, 0.3) is 0 Å². The number of carbonyl (C=O) groups excluding carboxylic acids is 2. The van der Waals surface area contributed by atoms with Gasteiger partial charge in [-0.3, -0.25) is 9.59 Å². The van der Waals surface area contributed by atoms with E-state index in [1.54, 1.807) is 33.3 Å². The minimum Gasteiger partial charge on any atom is -0.497 e. The molecule has 0 aliphatic rings. The van der Waals surface area contributed by atoms with Crippen molar-refractivity contribution in [2.75, 3.05) is 34.9 Å². The largest absolute Gasteiger partial charge is 0.497 e. The molecule has 0 aliphatic heterocycles. The molecule has 0 unspecified atom stereocenters. The van der Waals surface area contributed by atoms with E-state index in [0.717, 1.165) is 16.9 Å². The molecule has 0 fully saturated rings. The summed E-state index contributed by atoms with van der Waals surface area (Å²) in [6.45, 7) is 0.319. The fraction of sp³-hybridized carbons (Fsp3) is 0.364. The Kier molecular flexibility index (Phi) is 8.33. The second-order valence-electron chi connectivity index (χ2n) is 6.69. The SMILES string of the molecule is COc1ccc(CCC(=O)NCc2ccc(OCC(=O)N(C)C)c(OC)c2)cc1. The number of nitrogens with one attached hydrogen (secondary N) is 1. The van der Waals surface area contributed by atoms with Gasteiger partial charge in [0, 0.05) is 27.1 Å². The molecule has 0 aromatic heterocycles. The van der Waals surface area contributed by atoms with Crippen LogP contribution in [-0.4, -0.2) is 51.6 Å². The van der Waals surface area contributed by atoms with Gasteiger partial charge >= 0.3 is 0 Å². The molecule has 2 amide bonds. The Morgan fingerprint density at radius 2 is 1.62 bits per heavy atom. The zero-order chi connectivity index (χ0) is 21.2. The molecular weight excluding hydrogens is 372 g/mol. The summed E-state index contributed by atoms with van der Waals surface area (Å²) in [6, 6.07) is 13.0. The molecule has 2 aromatic rings. The summed E-state index contributed by atoms with van der Waals surface area (Å²) in [5.74, 6) is 1.63. The van der Waals surface area contributed by atoms with E-state index >= 15 is 0 Å². The van der Waals surface area contributed by atoms with Crippen LogP contribution < -0.4 is 19.5 Å². The molecule has 156 valence electrons. The molecule has 29 heavy (non-hydrogen) atoms. The zero-order valence-electron chi connectivity index (χ0n) is 17.4. The predicted molar refractivity (Wildman–Crippen MR) is 110 cm³/mol. The third-order valence-electron chi connectivity index (χ3n) is 4.37. The topological polar surface area (TPSA) is 77.1 Å². The first-order valence-electron chi connectivity index (χ1n) is 9.32. The number of benzene rings is 2. The summed E-state index contributed by atoms with van der Waals surface area (Å²) in [5, 5.41) is 2.91. The van der Waals surface area contributed by atoms with E-state index in [2.05, 4.69) is 5.32 Å². The van der Waals surface area contributed by atoms with Crippen LogP contribution in [0.3, 0.4) is 0 Å². The smallest absolute Gasteiger partial charge is 0.259 e. The molecule has 0 bridgehead atoms. The van der Waals surface area contributed by atoms with E-state index in [-0.39, 0.29) is 18.4 Å². The van der Waals surface area contributed by atoms with Crippen molar-refractivity contribution in [3.8, 4) is 17.2 Å². The number of rotatable bonds is 10. The standard InChI is InChI=1S/C22H28N2O5/c1-24(2)22(26)15-29-19-11-7-17(13-20(19)28-4)14-23-21(25)12-8-16-5-9-18(27-3)10-6-16/h5-7,9-11,13H,8,12,14-15H2,1-4H3,(H,23,25). The van der Waals surface area contributed by atoms with Crippen molar-refractivity contribution in [2.45, 2.75) is 19.4 Å². The quantitative estimate of drug-likeness (QED) is 0.663. The van der Waals surface area contributed by atoms with E-state index in [0.29, 0.717) is 30.9 Å². The Labute approximate surface area is 171 Å². The van der Waals surface area contributed by atoms with E-state index in [4.69, 9.17) is 14.2 Å². The maximum atomic E-state index is 12.1. The first-order valence-corrected chi connectivity index (χ1v) is 9.32. The monoisotopic (exact) mass is 400 g/mol. The van der Waals surface area contributed by atoms with Crippen LogP contribution in [0.5, 0.6) is 17.2 Å². The highest BCUT2D eigenvalue weighted by Crippen LogP contribution is 2.28. The Bertz CT molecular complexity index is 818. The average molecular weight is 400 g/mol. The van der Waals surface area contributed by atoms with Crippen LogP contribution in [-0.2, 0) is 22.6 Å². The Morgan fingerprint density at radius 1 is 0.931 bits per heavy atom. The highest BCUT2D eigenvalue weighted by atomic mass is 16.5. The van der Waals surface area contributed by atoms with E-state index in [9.17, 15) is 9.59 Å². The van der Waals surface area contributed by atoms with Crippen molar-refractivity contribution in [1.29, 1.82) is 0 Å². The Balaban J connectivity index is 1.84. The van der Waals surface area contributed by atoms with Gasteiger partial charge in [-0.15, -0.1) is 0 Å². The van der Waals surface area contributed by atoms with Gasteiger partial charge in [0.15, 0.2) is 18.1 Å². The molecule has 2 aromatic carbocycles. The number of amides is 2. The van der Waals surface area contributed by atoms with Gasteiger partial charge in [-0.1, -0.05) is 18.2 Å². The van der Waals surface area contributed by atoms with E-state index < -0.39 is 0 Å². The number of methoxy groups -OCH3 is 2. The molecule has 7 nitrogen and oxygen atoms in total. The van der Waals surface area contributed by atoms with Crippen molar-refractivity contribution >= 4 is 11.8 Å². The van der Waals surface area contributed by atoms with Crippen LogP contribution >= 0.6 is 0 Å². The van der Waals surface area contributed by atoms with Gasteiger partial charge in [-0.05, 0) is 41.8 Å². The molecule has 2 rings (SSSR count). The molecule has 0 saturated carbocycles. The van der Waals surface area contributed by atoms with Gasteiger partial charge in [0.2, 0.25) is 5.91 Å². The fourth-order valence-corrected chi connectivity index (χ4v) is 2.55. The van der Waals surface area contributed by atoms with Gasteiger partial charge < -0.3 is 24.4 Å². The molecule has 0 atom stereocenters. The second-order valence-corrected chi connectivity index (χ2v) is 6.69. The lowest BCUT2D eigenvalue weighted by molar-refractivity contribution is -0.130. The van der Waals surface area contributed by atoms with Crippen LogP contribution in [0.1, 0.15) is 17.5 Å². The summed E-state index contributed by atoms with van der Waals surface area (Å²) in [4.78, 5) is 25.3. The number of likely N-dealkylation sites (N-methyl/N-ethyl adjacent to an activating group) is 1. The lowest BCUT2D eigenvalue weighted by Gasteiger charge is -2.14. The van der Waals surface area contributed by atoms with Gasteiger partial charge in [-0.25, -0.2) is 0 Å². The lowest BCUT2D eigenvalue weighted by atomic mass is 10.1. The second kappa shape index (κ2) is 10.9. The number of hydrogen-bond acceptors (Lipinski definition) is 5. The molecule has 7 heteroatoms. The van der Waals surface area contributed by atoms with Crippen molar-refractivity contribution < 1.29 is 23.8 Å². The van der Waals surface area contributed by atoms with Gasteiger partial charge in [0.05, 0.1) is 14.2 Å². The maximum Gasteiger partial charge on any atom is 0.259 e. The summed E-state index contributed by atoms with van der Waals surface area (Å²) in [6.07, 6.45) is 1.06. The number of hydrogen-bond donors (Lipinski definition) is 1. The third-order valence-corrected chi connectivity index (χ3v) is 4.37. The van der Waals surface area contributed by atoms with Crippen LogP contribution in [0.4, 0.5) is 0 Å². The molecule has 0 radical (unpaired) electrons. The summed E-state index contributed by atoms with van der Waals surface area (Å²) >= 11 is 0. The predicted octanol–water partition coefficient (Wildman–Crippen LogP) is 2.42. The zero-order valence-corrected chi connectivity index (χ0v) is 17.4. The average Bonchev–Trinajstić information content (AvgIpc) is 2.74. The molecule has 1 N–H and O–H groups in total. The number of aryl methyl sites for hydroxylation is 1. The first kappa shape index (κ1) is 22.1. The number of nitrogens with zero attached hydrogens (tertiary/aromatic N) is 1. The van der Waals surface area contributed by atoms with Crippen molar-refractivity contribution in [1.82, 2.24) is 10.2 Å². The highest BCUT2D eigenvalue weighted by Gasteiger charge is 2.10. The number of carbonyl (C=O) groups is 2. The lowest BCUT2D eigenvalue weighted by Crippen LogP contribution is -2.27. The molecule has 0 aliphatic carbocycles. The molecular formula is C22H28N2O5. The minimum absolute atomic E-state index is 0.0308. The van der Waals surface area contributed by atoms with Crippen molar-refractivity contribution in [3.63, 3.8) is 0 Å². The normalized spacial score (nSPS) is 10.2. The summed E-state index contributed by atoms with van der Waals surface area (Å²) in [5.41, 5.74) is 1.96. The molecule has 0 spiro atoms. The number of ether oxygens (including phenoxy) is 3. The van der Waals surface area contributed by atoms with E-state index in [1.165, 1.54) is 12.0 Å². The van der Waals surface area contributed by atoms with Crippen molar-refractivity contribution in [2.24, 2.45) is 0 Å². The first-order chi connectivity index (χ1) is 13.9. The highest BCUT2D eigenvalue weighted by molar-refractivity contribution is 5.77. The van der Waals surface area contributed by atoms with Gasteiger partial charge in [0.1, 0.15) is 5.75 Å². The Morgan fingerprint density at radius 3 is 2.24 bits per heavy atom. The van der Waals surface area contributed by atoms with Crippen LogP contribution in [0.15, 0.2) is 42.5 Å². The van der Waals surface area contributed by atoms with E-state index in [1.807, 2.05) is 30.3 Å². The Hall–Kier alpha value is -3.22. The summed E-state index contributed by atoms with van der Waals surface area (Å²) in [7, 11) is 6.50. The third kappa shape index (κ3) is 7.03. The molecule has 0 heterocycles. The fourth-order valence-electron chi connectivity index (χ4n) is 2.55.